The van der Waals surface area contributed by atoms with Crippen molar-refractivity contribution in [1.82, 2.24) is 14.8 Å². The van der Waals surface area contributed by atoms with Crippen molar-refractivity contribution in [1.29, 1.82) is 0 Å². The molecule has 0 bridgehead atoms. The summed E-state index contributed by atoms with van der Waals surface area (Å²) in [5.74, 6) is 1.45. The van der Waals surface area contributed by atoms with E-state index in [-0.39, 0.29) is 18.3 Å². The van der Waals surface area contributed by atoms with E-state index in [0.29, 0.717) is 16.0 Å². The van der Waals surface area contributed by atoms with Gasteiger partial charge in [-0.05, 0) is 68.8 Å². The molecule has 3 aromatic carbocycles. The number of aromatic nitrogens is 3. The van der Waals surface area contributed by atoms with Gasteiger partial charge in [0.25, 0.3) is 0 Å². The van der Waals surface area contributed by atoms with Gasteiger partial charge in [0.05, 0.1) is 5.75 Å². The van der Waals surface area contributed by atoms with E-state index in [0.717, 1.165) is 33.8 Å². The van der Waals surface area contributed by atoms with Crippen molar-refractivity contribution >= 4 is 35.0 Å². The molecule has 6 nitrogen and oxygen atoms in total. The molecule has 4 aromatic rings. The maximum atomic E-state index is 12.6. The molecule has 4 rings (SSSR count). The van der Waals surface area contributed by atoms with Gasteiger partial charge >= 0.3 is 0 Å². The molecule has 0 fully saturated rings. The monoisotopic (exact) mass is 492 g/mol. The zero-order chi connectivity index (χ0) is 24.1. The second-order valence-electron chi connectivity index (χ2n) is 7.97. The van der Waals surface area contributed by atoms with Crippen LogP contribution < -0.4 is 10.1 Å². The molecule has 1 N–H and O–H groups in total. The first-order valence-electron chi connectivity index (χ1n) is 10.8. The number of hydrogen-bond acceptors (Lipinski definition) is 5. The molecule has 0 aliphatic heterocycles. The Labute approximate surface area is 208 Å². The van der Waals surface area contributed by atoms with Gasteiger partial charge in [0.15, 0.2) is 11.0 Å². The molecule has 1 aromatic heterocycles. The largest absolute Gasteiger partial charge is 0.486 e. The van der Waals surface area contributed by atoms with E-state index in [4.69, 9.17) is 16.3 Å². The third kappa shape index (κ3) is 5.98. The number of carbonyl (C=O) groups excluding carboxylic acids is 1. The Morgan fingerprint density at radius 2 is 1.68 bits per heavy atom. The number of hydrogen-bond donors (Lipinski definition) is 1. The predicted molar refractivity (Wildman–Crippen MR) is 137 cm³/mol. The lowest BCUT2D eigenvalue weighted by Gasteiger charge is -2.12. The van der Waals surface area contributed by atoms with Gasteiger partial charge in [0.2, 0.25) is 5.91 Å². The fourth-order valence-corrected chi connectivity index (χ4v) is 4.29. The fraction of sp³-hybridized carbons (Fsp3) is 0.192. The van der Waals surface area contributed by atoms with Crippen molar-refractivity contribution in [3.63, 3.8) is 0 Å². The van der Waals surface area contributed by atoms with Crippen LogP contribution in [-0.2, 0) is 11.4 Å². The maximum Gasteiger partial charge on any atom is 0.234 e. The fourth-order valence-electron chi connectivity index (χ4n) is 3.39. The summed E-state index contributed by atoms with van der Waals surface area (Å²) in [5, 5.41) is 12.9. The SMILES string of the molecule is Cc1ccc(OCc2nnc(SCC(=O)Nc3ccc(C)cc3C)n2-c2ccc(Cl)cc2)cc1. The lowest BCUT2D eigenvalue weighted by atomic mass is 10.1. The van der Waals surface area contributed by atoms with Crippen molar-refractivity contribution in [2.24, 2.45) is 0 Å². The molecular formula is C26H25ClN4O2S. The third-order valence-electron chi connectivity index (χ3n) is 5.16. The van der Waals surface area contributed by atoms with Crippen LogP contribution in [0.3, 0.4) is 0 Å². The molecule has 1 amide bonds. The summed E-state index contributed by atoms with van der Waals surface area (Å²) in [7, 11) is 0. The lowest BCUT2D eigenvalue weighted by molar-refractivity contribution is -0.113. The second-order valence-corrected chi connectivity index (χ2v) is 9.35. The Morgan fingerprint density at radius 3 is 2.38 bits per heavy atom. The van der Waals surface area contributed by atoms with Crippen LogP contribution in [0.25, 0.3) is 5.69 Å². The summed E-state index contributed by atoms with van der Waals surface area (Å²) < 4.78 is 7.82. The molecule has 0 radical (unpaired) electrons. The minimum Gasteiger partial charge on any atom is -0.486 e. The average Bonchev–Trinajstić information content (AvgIpc) is 3.22. The topological polar surface area (TPSA) is 69.0 Å². The highest BCUT2D eigenvalue weighted by Gasteiger charge is 2.17. The Balaban J connectivity index is 1.51. The highest BCUT2D eigenvalue weighted by Crippen LogP contribution is 2.25. The van der Waals surface area contributed by atoms with E-state index in [1.807, 2.05) is 92.1 Å². The molecule has 0 saturated carbocycles. The van der Waals surface area contributed by atoms with E-state index in [9.17, 15) is 4.79 Å². The summed E-state index contributed by atoms with van der Waals surface area (Å²) >= 11 is 7.40. The molecule has 0 spiro atoms. The van der Waals surface area contributed by atoms with E-state index in [2.05, 4.69) is 15.5 Å². The predicted octanol–water partition coefficient (Wildman–Crippen LogP) is 6.16. The van der Waals surface area contributed by atoms with Crippen LogP contribution in [0.4, 0.5) is 5.69 Å². The summed E-state index contributed by atoms with van der Waals surface area (Å²) in [6.07, 6.45) is 0. The summed E-state index contributed by atoms with van der Waals surface area (Å²) in [6, 6.07) is 21.2. The molecular weight excluding hydrogens is 468 g/mol. The third-order valence-corrected chi connectivity index (χ3v) is 6.34. The zero-order valence-corrected chi connectivity index (χ0v) is 20.8. The van der Waals surface area contributed by atoms with Crippen molar-refractivity contribution in [2.75, 3.05) is 11.1 Å². The Kier molecular flexibility index (Phi) is 7.55. The van der Waals surface area contributed by atoms with Gasteiger partial charge in [-0.3, -0.25) is 9.36 Å². The minimum absolute atomic E-state index is 0.111. The second kappa shape index (κ2) is 10.8. The number of nitrogens with zero attached hydrogens (tertiary/aromatic N) is 3. The van der Waals surface area contributed by atoms with Crippen LogP contribution >= 0.6 is 23.4 Å². The van der Waals surface area contributed by atoms with Crippen LogP contribution in [0.2, 0.25) is 5.02 Å². The van der Waals surface area contributed by atoms with Crippen molar-refractivity contribution in [3.05, 3.63) is 94.3 Å². The molecule has 0 saturated heterocycles. The number of carbonyl (C=O) groups is 1. The number of amides is 1. The summed E-state index contributed by atoms with van der Waals surface area (Å²) in [4.78, 5) is 12.6. The quantitative estimate of drug-likeness (QED) is 0.298. The lowest BCUT2D eigenvalue weighted by Crippen LogP contribution is -2.15. The molecule has 8 heteroatoms. The molecule has 174 valence electrons. The van der Waals surface area contributed by atoms with E-state index >= 15 is 0 Å². The number of nitrogens with one attached hydrogen (secondary N) is 1. The van der Waals surface area contributed by atoms with Gasteiger partial charge < -0.3 is 10.1 Å². The molecule has 34 heavy (non-hydrogen) atoms. The average molecular weight is 493 g/mol. The maximum absolute atomic E-state index is 12.6. The van der Waals surface area contributed by atoms with Gasteiger partial charge in [0.1, 0.15) is 12.4 Å². The normalized spacial score (nSPS) is 10.8. The van der Waals surface area contributed by atoms with Gasteiger partial charge in [0, 0.05) is 16.4 Å². The van der Waals surface area contributed by atoms with E-state index in [1.165, 1.54) is 11.8 Å². The van der Waals surface area contributed by atoms with Gasteiger partial charge in [-0.25, -0.2) is 0 Å². The number of benzene rings is 3. The first-order valence-corrected chi connectivity index (χ1v) is 12.1. The number of thioether (sulfide) groups is 1. The first kappa shape index (κ1) is 23.9. The number of aryl methyl sites for hydroxylation is 3. The number of halogens is 1. The standard InChI is InChI=1S/C26H25ClN4O2S/c1-17-4-11-22(12-5-17)33-15-24-29-30-26(31(24)21-9-7-20(27)8-10-21)34-16-25(32)28-23-13-6-18(2)14-19(23)3/h4-14H,15-16H2,1-3H3,(H,28,32). The van der Waals surface area contributed by atoms with Crippen molar-refractivity contribution < 1.29 is 9.53 Å². The van der Waals surface area contributed by atoms with Gasteiger partial charge in [-0.15, -0.1) is 10.2 Å². The number of rotatable bonds is 8. The molecule has 0 aliphatic rings. The highest BCUT2D eigenvalue weighted by molar-refractivity contribution is 7.99. The Hall–Kier alpha value is -3.29. The first-order chi connectivity index (χ1) is 16.4. The van der Waals surface area contributed by atoms with E-state index < -0.39 is 0 Å². The van der Waals surface area contributed by atoms with Crippen LogP contribution in [0, 0.1) is 20.8 Å². The highest BCUT2D eigenvalue weighted by atomic mass is 35.5. The Morgan fingerprint density at radius 1 is 0.971 bits per heavy atom. The van der Waals surface area contributed by atoms with Crippen LogP contribution in [0.15, 0.2) is 71.9 Å². The number of anilines is 1. The molecule has 0 unspecified atom stereocenters. The van der Waals surface area contributed by atoms with Crippen LogP contribution in [-0.4, -0.2) is 26.4 Å². The minimum atomic E-state index is -0.111. The molecule has 0 atom stereocenters. The van der Waals surface area contributed by atoms with Crippen LogP contribution in [0.5, 0.6) is 5.75 Å². The molecule has 1 heterocycles. The van der Waals surface area contributed by atoms with Gasteiger partial charge in [-0.1, -0.05) is 58.8 Å². The van der Waals surface area contributed by atoms with Crippen LogP contribution in [0.1, 0.15) is 22.5 Å². The van der Waals surface area contributed by atoms with E-state index in [1.54, 1.807) is 0 Å². The summed E-state index contributed by atoms with van der Waals surface area (Å²) in [5.41, 5.74) is 4.99. The Bertz CT molecular complexity index is 1290. The zero-order valence-electron chi connectivity index (χ0n) is 19.2. The van der Waals surface area contributed by atoms with Gasteiger partial charge in [-0.2, -0.15) is 0 Å². The molecule has 0 aliphatic carbocycles. The number of ether oxygens (including phenoxy) is 1. The van der Waals surface area contributed by atoms with Crippen molar-refractivity contribution in [3.8, 4) is 11.4 Å². The van der Waals surface area contributed by atoms with Crippen molar-refractivity contribution in [2.45, 2.75) is 32.5 Å². The summed E-state index contributed by atoms with van der Waals surface area (Å²) in [6.45, 7) is 6.26. The smallest absolute Gasteiger partial charge is 0.234 e.